The fourth-order valence-corrected chi connectivity index (χ4v) is 1.78. The molecule has 0 atom stereocenters. The molecule has 7 nitrogen and oxygen atoms in total. The van der Waals surface area contributed by atoms with E-state index in [1.54, 1.807) is 0 Å². The minimum absolute atomic E-state index is 0.644. The van der Waals surface area contributed by atoms with Crippen LogP contribution in [-0.2, 0) is 0 Å². The zero-order chi connectivity index (χ0) is 14.9. The first-order chi connectivity index (χ1) is 10.3. The monoisotopic (exact) mass is 281 g/mol. The van der Waals surface area contributed by atoms with Crippen molar-refractivity contribution in [1.82, 2.24) is 5.12 Å². The lowest BCUT2D eigenvalue weighted by molar-refractivity contribution is 0.382. The Morgan fingerprint density at radius 3 is 1.86 bits per heavy atom. The van der Waals surface area contributed by atoms with Crippen LogP contribution in [0.4, 0.5) is 0 Å². The van der Waals surface area contributed by atoms with E-state index in [1.807, 2.05) is 66.7 Å². The summed E-state index contributed by atoms with van der Waals surface area (Å²) >= 11 is 0. The summed E-state index contributed by atoms with van der Waals surface area (Å²) in [7, 11) is 0. The Balaban J connectivity index is 2.51. The fourth-order valence-electron chi connectivity index (χ4n) is 1.78. The van der Waals surface area contributed by atoms with Crippen LogP contribution >= 0.6 is 0 Å². The smallest absolute Gasteiger partial charge is 0.0971 e. The normalized spacial score (nSPS) is 12.1. The SMILES string of the molecule is NN=NN(N=NN)C(=Cc1ccccc1)c1ccccc1. The molecule has 0 spiro atoms. The molecule has 0 amide bonds. The fraction of sp³-hybridized carbons (Fsp3) is 0. The number of hydrogen-bond acceptors (Lipinski definition) is 4. The average Bonchev–Trinajstić information content (AvgIpc) is 2.54. The van der Waals surface area contributed by atoms with Gasteiger partial charge >= 0.3 is 0 Å². The largest absolute Gasteiger partial charge is 0.303 e. The highest BCUT2D eigenvalue weighted by atomic mass is 15.8. The highest BCUT2D eigenvalue weighted by molar-refractivity contribution is 5.79. The summed E-state index contributed by atoms with van der Waals surface area (Å²) in [6.07, 6.45) is 1.89. The first-order valence-corrected chi connectivity index (χ1v) is 6.19. The van der Waals surface area contributed by atoms with E-state index >= 15 is 0 Å². The standard InChI is InChI=1S/C14H15N7/c15-17-19-21(20-18-16)14(13-9-5-2-6-10-13)11-12-7-3-1-4-8-12/h1-11H,(H2,15,19)(H2,16,20). The summed E-state index contributed by atoms with van der Waals surface area (Å²) < 4.78 is 0. The molecule has 0 fully saturated rings. The lowest BCUT2D eigenvalue weighted by Gasteiger charge is -2.14. The topological polar surface area (TPSA) is 105 Å². The molecule has 4 N–H and O–H groups in total. The van der Waals surface area contributed by atoms with Crippen LogP contribution in [0.1, 0.15) is 11.1 Å². The first kappa shape index (κ1) is 14.2. The number of hydrogen-bond donors (Lipinski definition) is 2. The molecule has 106 valence electrons. The van der Waals surface area contributed by atoms with Crippen LogP contribution in [0.3, 0.4) is 0 Å². The van der Waals surface area contributed by atoms with Crippen molar-refractivity contribution >= 4 is 11.8 Å². The van der Waals surface area contributed by atoms with Crippen LogP contribution < -0.4 is 11.7 Å². The van der Waals surface area contributed by atoms with Gasteiger partial charge in [-0.1, -0.05) is 71.1 Å². The molecule has 0 aliphatic rings. The number of benzene rings is 2. The van der Waals surface area contributed by atoms with Crippen molar-refractivity contribution in [3.05, 3.63) is 71.8 Å². The molecule has 0 unspecified atom stereocenters. The third-order valence-electron chi connectivity index (χ3n) is 2.66. The number of nitrogens with two attached hydrogens (primary N) is 2. The lowest BCUT2D eigenvalue weighted by atomic mass is 10.1. The molecule has 0 heterocycles. The molecule has 0 aromatic heterocycles. The first-order valence-electron chi connectivity index (χ1n) is 6.19. The summed E-state index contributed by atoms with van der Waals surface area (Å²) in [5.74, 6) is 10.2. The van der Waals surface area contributed by atoms with Gasteiger partial charge in [0.25, 0.3) is 0 Å². The quantitative estimate of drug-likeness (QED) is 0.381. The molecule has 0 aliphatic heterocycles. The zero-order valence-electron chi connectivity index (χ0n) is 11.2. The second-order valence-electron chi connectivity index (χ2n) is 4.01. The van der Waals surface area contributed by atoms with E-state index in [1.165, 1.54) is 5.12 Å². The van der Waals surface area contributed by atoms with E-state index in [9.17, 15) is 0 Å². The molecule has 2 rings (SSSR count). The minimum Gasteiger partial charge on any atom is -0.303 e. The molecule has 0 radical (unpaired) electrons. The van der Waals surface area contributed by atoms with Gasteiger partial charge in [-0.2, -0.15) is 0 Å². The summed E-state index contributed by atoms with van der Waals surface area (Å²) in [6, 6.07) is 19.3. The molecule has 2 aromatic rings. The molecule has 2 aromatic carbocycles. The Labute approximate surface area is 122 Å². The van der Waals surface area contributed by atoms with E-state index in [2.05, 4.69) is 20.9 Å². The Bertz CT molecular complexity index is 623. The van der Waals surface area contributed by atoms with Crippen LogP contribution in [0.2, 0.25) is 0 Å². The van der Waals surface area contributed by atoms with Gasteiger partial charge in [-0.3, -0.25) is 0 Å². The summed E-state index contributed by atoms with van der Waals surface area (Å²) in [4.78, 5) is 0. The molecular weight excluding hydrogens is 266 g/mol. The van der Waals surface area contributed by atoms with Crippen molar-refractivity contribution in [3.8, 4) is 0 Å². The number of nitrogens with zero attached hydrogens (tertiary/aromatic N) is 5. The molecular formula is C14H15N7. The predicted molar refractivity (Wildman–Crippen MR) is 80.7 cm³/mol. The molecule has 0 aliphatic carbocycles. The van der Waals surface area contributed by atoms with Crippen LogP contribution in [0.25, 0.3) is 11.8 Å². The lowest BCUT2D eigenvalue weighted by Crippen LogP contribution is -2.09. The third kappa shape index (κ3) is 3.87. The van der Waals surface area contributed by atoms with Gasteiger partial charge in [0.05, 0.1) is 5.70 Å². The molecule has 0 bridgehead atoms. The summed E-state index contributed by atoms with van der Waals surface area (Å²) in [5.41, 5.74) is 2.49. The Morgan fingerprint density at radius 2 is 1.33 bits per heavy atom. The molecule has 0 saturated heterocycles. The van der Waals surface area contributed by atoms with Crippen molar-refractivity contribution in [2.24, 2.45) is 32.6 Å². The van der Waals surface area contributed by atoms with Crippen LogP contribution in [0.5, 0.6) is 0 Å². The van der Waals surface area contributed by atoms with Gasteiger partial charge in [-0.15, -0.1) is 5.12 Å². The minimum atomic E-state index is 0.644. The van der Waals surface area contributed by atoms with Crippen LogP contribution in [0, 0.1) is 0 Å². The van der Waals surface area contributed by atoms with Crippen molar-refractivity contribution in [3.63, 3.8) is 0 Å². The van der Waals surface area contributed by atoms with E-state index in [0.717, 1.165) is 11.1 Å². The average molecular weight is 281 g/mol. The second-order valence-corrected chi connectivity index (χ2v) is 4.01. The van der Waals surface area contributed by atoms with Crippen LogP contribution in [-0.4, -0.2) is 5.12 Å². The maximum atomic E-state index is 5.12. The van der Waals surface area contributed by atoms with E-state index in [4.69, 9.17) is 11.7 Å². The molecule has 21 heavy (non-hydrogen) atoms. The maximum Gasteiger partial charge on any atom is 0.0971 e. The molecule has 0 saturated carbocycles. The van der Waals surface area contributed by atoms with E-state index in [-0.39, 0.29) is 0 Å². The van der Waals surface area contributed by atoms with Gasteiger partial charge in [0.2, 0.25) is 0 Å². The van der Waals surface area contributed by atoms with Gasteiger partial charge in [0.1, 0.15) is 0 Å². The van der Waals surface area contributed by atoms with Crippen molar-refractivity contribution in [1.29, 1.82) is 0 Å². The predicted octanol–water partition coefficient (Wildman–Crippen LogP) is 2.97. The van der Waals surface area contributed by atoms with Crippen LogP contribution in [0.15, 0.2) is 81.6 Å². The van der Waals surface area contributed by atoms with Gasteiger partial charge in [0.15, 0.2) is 0 Å². The Kier molecular flexibility index (Phi) is 4.99. The van der Waals surface area contributed by atoms with E-state index in [0.29, 0.717) is 5.70 Å². The van der Waals surface area contributed by atoms with Gasteiger partial charge < -0.3 is 11.7 Å². The molecule has 7 heteroatoms. The highest BCUT2D eigenvalue weighted by Gasteiger charge is 2.11. The van der Waals surface area contributed by atoms with Gasteiger partial charge in [-0.05, 0) is 22.1 Å². The van der Waals surface area contributed by atoms with Crippen molar-refractivity contribution < 1.29 is 0 Å². The summed E-state index contributed by atoms with van der Waals surface area (Å²) in [6.45, 7) is 0. The maximum absolute atomic E-state index is 5.12. The second kappa shape index (κ2) is 7.39. The van der Waals surface area contributed by atoms with E-state index < -0.39 is 0 Å². The van der Waals surface area contributed by atoms with Crippen molar-refractivity contribution in [2.75, 3.05) is 0 Å². The Morgan fingerprint density at radius 1 is 0.810 bits per heavy atom. The summed E-state index contributed by atoms with van der Waals surface area (Å²) in [5, 5.41) is 15.1. The number of rotatable bonds is 5. The van der Waals surface area contributed by atoms with Crippen molar-refractivity contribution in [2.45, 2.75) is 0 Å². The Hall–Kier alpha value is -3.22. The zero-order valence-corrected chi connectivity index (χ0v) is 11.2. The highest BCUT2D eigenvalue weighted by Crippen LogP contribution is 2.23. The third-order valence-corrected chi connectivity index (χ3v) is 2.66. The van der Waals surface area contributed by atoms with Gasteiger partial charge in [-0.25, -0.2) is 0 Å². The van der Waals surface area contributed by atoms with Gasteiger partial charge in [0, 0.05) is 5.56 Å².